The van der Waals surface area contributed by atoms with Gasteiger partial charge in [0.25, 0.3) is 0 Å². The summed E-state index contributed by atoms with van der Waals surface area (Å²) in [5, 5.41) is 4.54. The summed E-state index contributed by atoms with van der Waals surface area (Å²) < 4.78 is 6.31. The van der Waals surface area contributed by atoms with Gasteiger partial charge in [0.1, 0.15) is 11.2 Å². The Hall–Kier alpha value is -6.83. The molecule has 0 unspecified atom stereocenters. The zero-order valence-electron chi connectivity index (χ0n) is 30.2. The number of hydrogen-bond acceptors (Lipinski definition) is 3. The Kier molecular flexibility index (Phi) is 7.12. The van der Waals surface area contributed by atoms with Gasteiger partial charge in [0, 0.05) is 32.9 Å². The van der Waals surface area contributed by atoms with Gasteiger partial charge in [0.15, 0.2) is 11.5 Å². The average molecular weight is 706 g/mol. The van der Waals surface area contributed by atoms with Gasteiger partial charge in [-0.3, -0.25) is 0 Å². The van der Waals surface area contributed by atoms with E-state index in [0.717, 1.165) is 73.8 Å². The van der Waals surface area contributed by atoms with Crippen LogP contribution in [0.5, 0.6) is 0 Å². The second kappa shape index (κ2) is 12.4. The van der Waals surface area contributed by atoms with E-state index in [9.17, 15) is 0 Å². The molecule has 1 spiro atoms. The smallest absolute Gasteiger partial charge is 0.187 e. The molecule has 0 amide bonds. The van der Waals surface area contributed by atoms with Crippen LogP contribution >= 0.6 is 0 Å². The van der Waals surface area contributed by atoms with Gasteiger partial charge in [-0.2, -0.15) is 0 Å². The molecule has 0 atom stereocenters. The van der Waals surface area contributed by atoms with Gasteiger partial charge >= 0.3 is 0 Å². The summed E-state index contributed by atoms with van der Waals surface area (Å²) in [7, 11) is 0. The van der Waals surface area contributed by atoms with Crippen molar-refractivity contribution in [2.75, 3.05) is 0 Å². The molecule has 4 nitrogen and oxygen atoms in total. The minimum absolute atomic E-state index is 0.00828. The predicted octanol–water partition coefficient (Wildman–Crippen LogP) is 14.0. The van der Waals surface area contributed by atoms with Crippen molar-refractivity contribution in [1.29, 1.82) is 0 Å². The summed E-state index contributed by atoms with van der Waals surface area (Å²) in [6, 6.07) is 53.6. The van der Waals surface area contributed by atoms with Crippen molar-refractivity contribution in [2.24, 2.45) is 0 Å². The minimum atomic E-state index is 0.00828. The van der Waals surface area contributed by atoms with E-state index < -0.39 is 0 Å². The highest BCUT2D eigenvalue weighted by Crippen LogP contribution is 2.57. The Morgan fingerprint density at radius 3 is 2.09 bits per heavy atom. The topological polar surface area (TPSA) is 43.3 Å². The molecular formula is C51H35N3O. The molecule has 4 heteroatoms. The van der Waals surface area contributed by atoms with Gasteiger partial charge < -0.3 is 4.42 Å². The second-order valence-corrected chi connectivity index (χ2v) is 15.2. The van der Waals surface area contributed by atoms with E-state index in [0.29, 0.717) is 11.5 Å². The summed E-state index contributed by atoms with van der Waals surface area (Å²) in [6.07, 6.45) is 6.02. The van der Waals surface area contributed by atoms with Crippen LogP contribution < -0.4 is 0 Å². The minimum Gasteiger partial charge on any atom is -0.456 e. The maximum Gasteiger partial charge on any atom is 0.187 e. The fraction of sp³-hybridized carbons (Fsp3) is 0.118. The Morgan fingerprint density at radius 2 is 1.22 bits per heavy atom. The van der Waals surface area contributed by atoms with E-state index in [2.05, 4.69) is 132 Å². The molecule has 0 radical (unpaired) electrons. The SMILES string of the molecule is [C-]#[N+]c1ccc2c(c1)-c1ccc(-c3cccc(-c4cc(-c5ccc6c(c5)oc5ccccc56)nc(-c5ccc6ccccc6c5)n4)c3)cc1C21CCCCC1. The number of nitrogens with zero attached hydrogens (tertiary/aromatic N) is 3. The van der Waals surface area contributed by atoms with Gasteiger partial charge in [0.2, 0.25) is 0 Å². The molecule has 0 aliphatic heterocycles. The number of fused-ring (bicyclic) bond motifs is 9. The number of furan rings is 1. The predicted molar refractivity (Wildman–Crippen MR) is 224 cm³/mol. The van der Waals surface area contributed by atoms with Crippen LogP contribution in [-0.4, -0.2) is 9.97 Å². The van der Waals surface area contributed by atoms with Crippen molar-refractivity contribution in [1.82, 2.24) is 9.97 Å². The number of rotatable bonds is 4. The third kappa shape index (κ3) is 5.12. The molecule has 0 N–H and O–H groups in total. The van der Waals surface area contributed by atoms with Crippen LogP contribution in [0.4, 0.5) is 5.69 Å². The molecule has 0 bridgehead atoms. The Balaban J connectivity index is 1.05. The first-order chi connectivity index (χ1) is 27.1. The van der Waals surface area contributed by atoms with Crippen molar-refractivity contribution in [3.05, 3.63) is 174 Å². The lowest BCUT2D eigenvalue weighted by Gasteiger charge is -2.36. The molecule has 2 heterocycles. The normalized spacial score (nSPS) is 14.3. The molecule has 2 aliphatic carbocycles. The van der Waals surface area contributed by atoms with Crippen LogP contribution in [0.1, 0.15) is 43.2 Å². The first-order valence-corrected chi connectivity index (χ1v) is 19.2. The van der Waals surface area contributed by atoms with E-state index >= 15 is 0 Å². The largest absolute Gasteiger partial charge is 0.456 e. The van der Waals surface area contributed by atoms with E-state index in [-0.39, 0.29) is 5.41 Å². The van der Waals surface area contributed by atoms with Gasteiger partial charge in [0.05, 0.1) is 18.0 Å². The summed E-state index contributed by atoms with van der Waals surface area (Å²) in [6.45, 7) is 7.68. The molecule has 2 aromatic heterocycles. The average Bonchev–Trinajstić information content (AvgIpc) is 3.75. The molecule has 55 heavy (non-hydrogen) atoms. The van der Waals surface area contributed by atoms with E-state index in [1.54, 1.807) is 0 Å². The highest BCUT2D eigenvalue weighted by atomic mass is 16.3. The van der Waals surface area contributed by atoms with Crippen molar-refractivity contribution >= 4 is 38.4 Å². The summed E-state index contributed by atoms with van der Waals surface area (Å²) in [4.78, 5) is 14.2. The third-order valence-corrected chi connectivity index (χ3v) is 12.1. The first-order valence-electron chi connectivity index (χ1n) is 19.2. The van der Waals surface area contributed by atoms with Crippen molar-refractivity contribution in [2.45, 2.75) is 37.5 Å². The van der Waals surface area contributed by atoms with E-state index in [1.807, 2.05) is 24.3 Å². The molecule has 2 aliphatic rings. The van der Waals surface area contributed by atoms with Gasteiger partial charge in [-0.25, -0.2) is 14.8 Å². The molecule has 0 saturated heterocycles. The maximum atomic E-state index is 7.68. The molecule has 7 aromatic carbocycles. The van der Waals surface area contributed by atoms with Crippen LogP contribution in [0.15, 0.2) is 156 Å². The van der Waals surface area contributed by atoms with Crippen LogP contribution in [-0.2, 0) is 5.41 Å². The lowest BCUT2D eigenvalue weighted by atomic mass is 9.67. The highest BCUT2D eigenvalue weighted by Gasteiger charge is 2.43. The summed E-state index contributed by atoms with van der Waals surface area (Å²) in [5.41, 5.74) is 14.8. The number of hydrogen-bond donors (Lipinski definition) is 0. The lowest BCUT2D eigenvalue weighted by Crippen LogP contribution is -2.28. The van der Waals surface area contributed by atoms with E-state index in [1.165, 1.54) is 52.5 Å². The van der Waals surface area contributed by atoms with Crippen LogP contribution in [0.2, 0.25) is 0 Å². The number of benzene rings is 7. The van der Waals surface area contributed by atoms with Gasteiger partial charge in [-0.05, 0) is 106 Å². The number of aromatic nitrogens is 2. The van der Waals surface area contributed by atoms with E-state index in [4.69, 9.17) is 21.0 Å². The fourth-order valence-electron chi connectivity index (χ4n) is 9.38. The molecule has 1 fully saturated rings. The first kappa shape index (κ1) is 31.7. The quantitative estimate of drug-likeness (QED) is 0.171. The maximum absolute atomic E-state index is 7.68. The van der Waals surface area contributed by atoms with Crippen LogP contribution in [0.3, 0.4) is 0 Å². The Bertz CT molecular complexity index is 3050. The monoisotopic (exact) mass is 705 g/mol. The lowest BCUT2D eigenvalue weighted by molar-refractivity contribution is 0.353. The summed E-state index contributed by atoms with van der Waals surface area (Å²) >= 11 is 0. The standard InChI is InChI=1S/C51H35N3O/c1-52-39-20-23-44-43(30-39)40-21-18-35(28-45(40)51(44)24-7-2-8-25-51)34-12-9-13-36(26-34)46-31-47(37-19-22-42-41-14-5-6-15-48(41)55-49(42)29-37)54-50(53-46)38-17-16-32-10-3-4-11-33(32)27-38/h3-6,9-23,26-31H,2,7-8,24-25H2. The Morgan fingerprint density at radius 1 is 0.491 bits per heavy atom. The zero-order chi connectivity index (χ0) is 36.5. The highest BCUT2D eigenvalue weighted by molar-refractivity contribution is 6.06. The molecular weight excluding hydrogens is 671 g/mol. The van der Waals surface area contributed by atoms with Crippen molar-refractivity contribution in [3.8, 4) is 56.2 Å². The molecule has 11 rings (SSSR count). The van der Waals surface area contributed by atoms with Crippen molar-refractivity contribution < 1.29 is 4.42 Å². The van der Waals surface area contributed by atoms with Crippen LogP contribution in [0.25, 0.3) is 93.7 Å². The Labute approximate surface area is 319 Å². The van der Waals surface area contributed by atoms with Gasteiger partial charge in [-0.1, -0.05) is 122 Å². The molecule has 9 aromatic rings. The second-order valence-electron chi connectivity index (χ2n) is 15.2. The number of para-hydroxylation sites is 1. The third-order valence-electron chi connectivity index (χ3n) is 12.1. The molecule has 1 saturated carbocycles. The van der Waals surface area contributed by atoms with Gasteiger partial charge in [-0.15, -0.1) is 0 Å². The fourth-order valence-corrected chi connectivity index (χ4v) is 9.38. The zero-order valence-corrected chi connectivity index (χ0v) is 30.2. The van der Waals surface area contributed by atoms with Crippen LogP contribution in [0, 0.1) is 6.57 Å². The summed E-state index contributed by atoms with van der Waals surface area (Å²) in [5.74, 6) is 0.682. The molecule has 260 valence electrons. The van der Waals surface area contributed by atoms with Crippen molar-refractivity contribution in [3.63, 3.8) is 0 Å².